The van der Waals surface area contributed by atoms with Gasteiger partial charge in [-0.05, 0) is 74.5 Å². The molecule has 4 saturated carbocycles. The predicted octanol–water partition coefficient (Wildman–Crippen LogP) is 4.47. The van der Waals surface area contributed by atoms with Gasteiger partial charge in [-0.2, -0.15) is 0 Å². The molecular formula is C21H34O3. The first-order valence-corrected chi connectivity index (χ1v) is 10.2. The van der Waals surface area contributed by atoms with Crippen LogP contribution in [0.5, 0.6) is 0 Å². The van der Waals surface area contributed by atoms with Crippen molar-refractivity contribution >= 4 is 5.97 Å². The summed E-state index contributed by atoms with van der Waals surface area (Å²) >= 11 is 0. The van der Waals surface area contributed by atoms with Gasteiger partial charge in [0.1, 0.15) is 6.10 Å². The molecule has 24 heavy (non-hydrogen) atoms. The van der Waals surface area contributed by atoms with Crippen LogP contribution in [0.3, 0.4) is 0 Å². The molecule has 0 radical (unpaired) electrons. The predicted molar refractivity (Wildman–Crippen MR) is 93.4 cm³/mol. The Bertz CT molecular complexity index is 531. The average molecular weight is 335 g/mol. The van der Waals surface area contributed by atoms with Gasteiger partial charge in [0, 0.05) is 12.3 Å². The quantitative estimate of drug-likeness (QED) is 0.720. The van der Waals surface area contributed by atoms with Crippen LogP contribution in [0.1, 0.15) is 85.0 Å². The Morgan fingerprint density at radius 3 is 2.46 bits per heavy atom. The number of rotatable bonds is 1. The Morgan fingerprint density at radius 2 is 1.71 bits per heavy atom. The van der Waals surface area contributed by atoms with Crippen LogP contribution < -0.4 is 0 Å². The molecule has 0 spiro atoms. The highest BCUT2D eigenvalue weighted by molar-refractivity contribution is 5.66. The van der Waals surface area contributed by atoms with Gasteiger partial charge < -0.3 is 9.84 Å². The SMILES string of the molecule is CC(=O)O[C@H]1CCC2C3CC[C@@]4(O)CCCC[C@]4(C)C3CC[C@@]21C. The molecule has 0 aromatic heterocycles. The number of esters is 1. The van der Waals surface area contributed by atoms with Gasteiger partial charge in [0.05, 0.1) is 5.60 Å². The lowest BCUT2D eigenvalue weighted by Gasteiger charge is -2.63. The summed E-state index contributed by atoms with van der Waals surface area (Å²) in [5.41, 5.74) is -0.156. The Balaban J connectivity index is 1.62. The summed E-state index contributed by atoms with van der Waals surface area (Å²) in [5, 5.41) is 11.4. The fraction of sp³-hybridized carbons (Fsp3) is 0.952. The molecule has 1 N–H and O–H groups in total. The molecule has 0 bridgehead atoms. The molecule has 0 aliphatic heterocycles. The summed E-state index contributed by atoms with van der Waals surface area (Å²) in [6.45, 7) is 6.31. The lowest BCUT2D eigenvalue weighted by Crippen LogP contribution is -2.61. The van der Waals surface area contributed by atoms with Crippen LogP contribution in [-0.2, 0) is 9.53 Å². The molecule has 0 heterocycles. The van der Waals surface area contributed by atoms with Crippen molar-refractivity contribution in [2.75, 3.05) is 0 Å². The lowest BCUT2D eigenvalue weighted by atomic mass is 9.44. The third kappa shape index (κ3) is 2.15. The van der Waals surface area contributed by atoms with Crippen LogP contribution in [-0.4, -0.2) is 22.8 Å². The van der Waals surface area contributed by atoms with Crippen LogP contribution in [0.25, 0.3) is 0 Å². The van der Waals surface area contributed by atoms with Crippen molar-refractivity contribution in [3.8, 4) is 0 Å². The molecule has 3 heteroatoms. The van der Waals surface area contributed by atoms with Crippen molar-refractivity contribution in [3.05, 3.63) is 0 Å². The van der Waals surface area contributed by atoms with Gasteiger partial charge in [-0.15, -0.1) is 0 Å². The minimum absolute atomic E-state index is 0.106. The van der Waals surface area contributed by atoms with E-state index in [-0.39, 0.29) is 22.9 Å². The number of ether oxygens (including phenoxy) is 1. The van der Waals surface area contributed by atoms with Gasteiger partial charge in [0.15, 0.2) is 0 Å². The number of carbonyl (C=O) groups excluding carboxylic acids is 1. The van der Waals surface area contributed by atoms with E-state index in [0.29, 0.717) is 17.8 Å². The van der Waals surface area contributed by atoms with E-state index >= 15 is 0 Å². The van der Waals surface area contributed by atoms with E-state index in [1.807, 2.05) is 0 Å². The number of aliphatic hydroxyl groups is 1. The minimum atomic E-state index is -0.423. The maximum absolute atomic E-state index is 11.5. The summed E-state index contributed by atoms with van der Waals surface area (Å²) in [7, 11) is 0. The molecule has 3 unspecified atom stereocenters. The van der Waals surface area contributed by atoms with Crippen molar-refractivity contribution in [2.24, 2.45) is 28.6 Å². The van der Waals surface area contributed by atoms with E-state index in [1.54, 1.807) is 6.92 Å². The van der Waals surface area contributed by atoms with E-state index < -0.39 is 5.60 Å². The highest BCUT2D eigenvalue weighted by atomic mass is 16.5. The number of hydrogen-bond donors (Lipinski definition) is 1. The minimum Gasteiger partial charge on any atom is -0.462 e. The molecule has 7 atom stereocenters. The van der Waals surface area contributed by atoms with Crippen molar-refractivity contribution in [3.63, 3.8) is 0 Å². The topological polar surface area (TPSA) is 46.5 Å². The Hall–Kier alpha value is -0.570. The first-order chi connectivity index (χ1) is 11.3. The van der Waals surface area contributed by atoms with Crippen LogP contribution in [0.15, 0.2) is 0 Å². The van der Waals surface area contributed by atoms with E-state index in [2.05, 4.69) is 13.8 Å². The van der Waals surface area contributed by atoms with E-state index in [0.717, 1.165) is 25.7 Å². The molecule has 4 aliphatic carbocycles. The fourth-order valence-electron chi connectivity index (χ4n) is 7.60. The number of hydrogen-bond acceptors (Lipinski definition) is 3. The standard InChI is InChI=1S/C21H34O3/c1-14(22)24-18-7-6-16-15-8-13-21(23)11-5-4-10-20(21,3)17(15)9-12-19(16,18)2/h15-18,23H,4-13H2,1-3H3/t15?,16?,17?,18-,19-,20+,21-/m0/s1. The summed E-state index contributed by atoms with van der Waals surface area (Å²) in [6.07, 6.45) is 11.5. The Labute approximate surface area is 146 Å². The lowest BCUT2D eigenvalue weighted by molar-refractivity contribution is -0.208. The number of carbonyl (C=O) groups is 1. The third-order valence-electron chi connectivity index (χ3n) is 8.97. The molecule has 3 nitrogen and oxygen atoms in total. The Morgan fingerprint density at radius 1 is 0.958 bits per heavy atom. The summed E-state index contributed by atoms with van der Waals surface area (Å²) in [6, 6.07) is 0. The van der Waals surface area contributed by atoms with Crippen LogP contribution in [0, 0.1) is 28.6 Å². The van der Waals surface area contributed by atoms with Crippen LogP contribution in [0.2, 0.25) is 0 Å². The molecule has 0 aromatic rings. The molecule has 4 rings (SSSR count). The zero-order valence-corrected chi connectivity index (χ0v) is 15.6. The van der Waals surface area contributed by atoms with Gasteiger partial charge >= 0.3 is 5.97 Å². The maximum atomic E-state index is 11.5. The molecular weight excluding hydrogens is 300 g/mol. The smallest absolute Gasteiger partial charge is 0.302 e. The highest BCUT2D eigenvalue weighted by Crippen LogP contribution is 2.67. The van der Waals surface area contributed by atoms with Crippen molar-refractivity contribution in [2.45, 2.75) is 96.7 Å². The molecule has 4 aliphatic rings. The number of fused-ring (bicyclic) bond motifs is 5. The second kappa shape index (κ2) is 5.46. The molecule has 0 saturated heterocycles. The molecule has 136 valence electrons. The largest absolute Gasteiger partial charge is 0.462 e. The normalized spacial score (nSPS) is 53.7. The maximum Gasteiger partial charge on any atom is 0.302 e. The first-order valence-electron chi connectivity index (χ1n) is 10.2. The highest BCUT2D eigenvalue weighted by Gasteiger charge is 2.64. The molecule has 0 aromatic carbocycles. The first kappa shape index (κ1) is 16.9. The van der Waals surface area contributed by atoms with E-state index in [4.69, 9.17) is 4.74 Å². The summed E-state index contributed by atoms with van der Waals surface area (Å²) in [4.78, 5) is 11.5. The zero-order valence-electron chi connectivity index (χ0n) is 15.6. The summed E-state index contributed by atoms with van der Waals surface area (Å²) < 4.78 is 5.73. The van der Waals surface area contributed by atoms with Gasteiger partial charge in [0.25, 0.3) is 0 Å². The second-order valence-electron chi connectivity index (χ2n) is 9.79. The van der Waals surface area contributed by atoms with E-state index in [9.17, 15) is 9.90 Å². The van der Waals surface area contributed by atoms with E-state index in [1.165, 1.54) is 38.5 Å². The van der Waals surface area contributed by atoms with Crippen molar-refractivity contribution in [1.29, 1.82) is 0 Å². The van der Waals surface area contributed by atoms with Gasteiger partial charge in [0.2, 0.25) is 0 Å². The van der Waals surface area contributed by atoms with Crippen molar-refractivity contribution in [1.82, 2.24) is 0 Å². The van der Waals surface area contributed by atoms with Gasteiger partial charge in [-0.1, -0.05) is 26.7 Å². The Kier molecular flexibility index (Phi) is 3.84. The van der Waals surface area contributed by atoms with Gasteiger partial charge in [-0.3, -0.25) is 4.79 Å². The average Bonchev–Trinajstić information content (AvgIpc) is 2.84. The second-order valence-corrected chi connectivity index (χ2v) is 9.79. The van der Waals surface area contributed by atoms with Crippen LogP contribution >= 0.6 is 0 Å². The molecule has 0 amide bonds. The zero-order chi connectivity index (χ0) is 17.2. The van der Waals surface area contributed by atoms with Gasteiger partial charge in [-0.25, -0.2) is 0 Å². The third-order valence-corrected chi connectivity index (χ3v) is 8.97. The fourth-order valence-corrected chi connectivity index (χ4v) is 7.60. The summed E-state index contributed by atoms with van der Waals surface area (Å²) in [5.74, 6) is 1.92. The van der Waals surface area contributed by atoms with Crippen molar-refractivity contribution < 1.29 is 14.6 Å². The molecule has 4 fully saturated rings. The van der Waals surface area contributed by atoms with Crippen LogP contribution in [0.4, 0.5) is 0 Å². The monoisotopic (exact) mass is 334 g/mol.